The Hall–Kier alpha value is -1.55. The van der Waals surface area contributed by atoms with Gasteiger partial charge in [0.2, 0.25) is 0 Å². The van der Waals surface area contributed by atoms with Gasteiger partial charge in [-0.1, -0.05) is 45.0 Å². The summed E-state index contributed by atoms with van der Waals surface area (Å²) in [6.07, 6.45) is 1.16. The van der Waals surface area contributed by atoms with E-state index in [1.165, 1.54) is 11.1 Å². The topological polar surface area (TPSA) is 39.7 Å². The van der Waals surface area contributed by atoms with E-state index in [1.54, 1.807) is 0 Å². The lowest BCUT2D eigenvalue weighted by molar-refractivity contribution is 0.345. The van der Waals surface area contributed by atoms with Gasteiger partial charge in [0.1, 0.15) is 0 Å². The molecular weight excluding hydrogens is 284 g/mol. The molecule has 0 radical (unpaired) electrons. The first-order valence-electron chi connectivity index (χ1n) is 8.83. The van der Waals surface area contributed by atoms with E-state index in [0.29, 0.717) is 12.5 Å². The molecule has 2 N–H and O–H groups in total. The van der Waals surface area contributed by atoms with E-state index >= 15 is 0 Å². The minimum absolute atomic E-state index is 0.706. The van der Waals surface area contributed by atoms with E-state index in [1.807, 2.05) is 0 Å². The van der Waals surface area contributed by atoms with Crippen molar-refractivity contribution in [3.8, 4) is 0 Å². The van der Waals surface area contributed by atoms with Crippen molar-refractivity contribution in [3.63, 3.8) is 0 Å². The Morgan fingerprint density at radius 1 is 1.17 bits per heavy atom. The number of rotatable bonds is 9. The Balaban J connectivity index is 2.61. The van der Waals surface area contributed by atoms with E-state index in [9.17, 15) is 0 Å². The zero-order valence-electron chi connectivity index (χ0n) is 15.5. The molecule has 0 spiro atoms. The number of nitrogens with one attached hydrogen (secondary N) is 2. The van der Waals surface area contributed by atoms with E-state index in [-0.39, 0.29) is 0 Å². The van der Waals surface area contributed by atoms with Crippen LogP contribution >= 0.6 is 0 Å². The Kier molecular flexibility index (Phi) is 9.37. The monoisotopic (exact) mass is 318 g/mol. The minimum atomic E-state index is 0.706. The molecule has 4 nitrogen and oxygen atoms in total. The van der Waals surface area contributed by atoms with Gasteiger partial charge in [0.25, 0.3) is 0 Å². The normalized spacial score (nSPS) is 12.0. The molecule has 0 aliphatic heterocycles. The molecule has 0 aromatic heterocycles. The summed E-state index contributed by atoms with van der Waals surface area (Å²) in [6.45, 7) is 13.4. The van der Waals surface area contributed by atoms with Crippen molar-refractivity contribution in [1.29, 1.82) is 0 Å². The van der Waals surface area contributed by atoms with Crippen LogP contribution in [0.2, 0.25) is 0 Å². The number of aliphatic imine (C=N–C) groups is 1. The highest BCUT2D eigenvalue weighted by atomic mass is 15.2. The van der Waals surface area contributed by atoms with E-state index in [2.05, 4.69) is 74.5 Å². The van der Waals surface area contributed by atoms with Crippen LogP contribution in [-0.2, 0) is 13.1 Å². The van der Waals surface area contributed by atoms with Gasteiger partial charge in [-0.2, -0.15) is 0 Å². The maximum Gasteiger partial charge on any atom is 0.191 e. The lowest BCUT2D eigenvalue weighted by Gasteiger charge is -2.14. The molecule has 0 aliphatic rings. The van der Waals surface area contributed by atoms with Crippen LogP contribution in [0, 0.1) is 5.92 Å². The summed E-state index contributed by atoms with van der Waals surface area (Å²) in [7, 11) is 2.15. The molecule has 0 saturated heterocycles. The first kappa shape index (κ1) is 19.5. The van der Waals surface area contributed by atoms with E-state index in [0.717, 1.165) is 38.6 Å². The summed E-state index contributed by atoms with van der Waals surface area (Å²) in [6, 6.07) is 8.72. The molecule has 1 aromatic carbocycles. The zero-order chi connectivity index (χ0) is 17.1. The average molecular weight is 319 g/mol. The van der Waals surface area contributed by atoms with Gasteiger partial charge >= 0.3 is 0 Å². The van der Waals surface area contributed by atoms with E-state index in [4.69, 9.17) is 4.99 Å². The summed E-state index contributed by atoms with van der Waals surface area (Å²) in [5, 5.41) is 6.72. The first-order valence-corrected chi connectivity index (χ1v) is 8.83. The molecular formula is C19H34N4. The minimum Gasteiger partial charge on any atom is -0.357 e. The van der Waals surface area contributed by atoms with Crippen LogP contribution in [0.15, 0.2) is 29.3 Å². The standard InChI is InChI=1S/C19H34N4/c1-6-20-19(21-12-11-16(3)4)22-14-17-9-8-10-18(13-17)15-23(5)7-2/h8-10,13,16H,6-7,11-12,14-15H2,1-5H3,(H2,20,21,22). The van der Waals surface area contributed by atoms with Crippen molar-refractivity contribution < 1.29 is 0 Å². The van der Waals surface area contributed by atoms with Crippen LogP contribution in [-0.4, -0.2) is 37.5 Å². The van der Waals surface area contributed by atoms with Gasteiger partial charge in [-0.3, -0.25) is 0 Å². The van der Waals surface area contributed by atoms with Crippen LogP contribution in [0.4, 0.5) is 0 Å². The lowest BCUT2D eigenvalue weighted by Crippen LogP contribution is -2.38. The largest absolute Gasteiger partial charge is 0.357 e. The molecule has 0 fully saturated rings. The molecule has 23 heavy (non-hydrogen) atoms. The van der Waals surface area contributed by atoms with Crippen molar-refractivity contribution >= 4 is 5.96 Å². The quantitative estimate of drug-likeness (QED) is 0.542. The summed E-state index contributed by atoms with van der Waals surface area (Å²) in [5.41, 5.74) is 2.60. The van der Waals surface area contributed by atoms with Gasteiger partial charge in [0.15, 0.2) is 5.96 Å². The summed E-state index contributed by atoms with van der Waals surface area (Å²) in [4.78, 5) is 7.01. The van der Waals surface area contributed by atoms with Crippen LogP contribution < -0.4 is 10.6 Å². The van der Waals surface area contributed by atoms with Crippen LogP contribution in [0.5, 0.6) is 0 Å². The fourth-order valence-electron chi connectivity index (χ4n) is 2.24. The SMILES string of the molecule is CCNC(=NCc1cccc(CN(C)CC)c1)NCCC(C)C. The molecule has 4 heteroatoms. The van der Waals surface area contributed by atoms with E-state index < -0.39 is 0 Å². The Morgan fingerprint density at radius 3 is 2.57 bits per heavy atom. The predicted molar refractivity (Wildman–Crippen MR) is 101 cm³/mol. The number of nitrogens with zero attached hydrogens (tertiary/aromatic N) is 2. The molecule has 130 valence electrons. The molecule has 1 rings (SSSR count). The molecule has 0 saturated carbocycles. The second kappa shape index (κ2) is 11.1. The molecule has 0 bridgehead atoms. The van der Waals surface area contributed by atoms with Gasteiger partial charge < -0.3 is 15.5 Å². The Labute approximate surface area is 142 Å². The molecule has 0 unspecified atom stereocenters. The third-order valence-corrected chi connectivity index (χ3v) is 3.76. The second-order valence-corrected chi connectivity index (χ2v) is 6.45. The highest BCUT2D eigenvalue weighted by Gasteiger charge is 2.01. The highest BCUT2D eigenvalue weighted by molar-refractivity contribution is 5.79. The van der Waals surface area contributed by atoms with Crippen LogP contribution in [0.3, 0.4) is 0 Å². The highest BCUT2D eigenvalue weighted by Crippen LogP contribution is 2.08. The maximum absolute atomic E-state index is 4.70. The number of hydrogen-bond donors (Lipinski definition) is 2. The molecule has 0 aliphatic carbocycles. The van der Waals surface area contributed by atoms with Gasteiger partial charge in [0, 0.05) is 19.6 Å². The summed E-state index contributed by atoms with van der Waals surface area (Å²) < 4.78 is 0. The molecule has 0 amide bonds. The Bertz CT molecular complexity index is 468. The Morgan fingerprint density at radius 2 is 1.91 bits per heavy atom. The maximum atomic E-state index is 4.70. The van der Waals surface area contributed by atoms with Gasteiger partial charge in [-0.05, 0) is 44.0 Å². The second-order valence-electron chi connectivity index (χ2n) is 6.45. The summed E-state index contributed by atoms with van der Waals surface area (Å²) >= 11 is 0. The fraction of sp³-hybridized carbons (Fsp3) is 0.632. The number of hydrogen-bond acceptors (Lipinski definition) is 2. The van der Waals surface area contributed by atoms with Crippen molar-refractivity contribution in [3.05, 3.63) is 35.4 Å². The third kappa shape index (κ3) is 8.60. The van der Waals surface area contributed by atoms with Gasteiger partial charge in [-0.25, -0.2) is 4.99 Å². The zero-order valence-corrected chi connectivity index (χ0v) is 15.5. The first-order chi connectivity index (χ1) is 11.0. The van der Waals surface area contributed by atoms with Crippen molar-refractivity contribution in [2.24, 2.45) is 10.9 Å². The number of benzene rings is 1. The molecule has 1 aromatic rings. The van der Waals surface area contributed by atoms with Crippen LogP contribution in [0.1, 0.15) is 45.2 Å². The third-order valence-electron chi connectivity index (χ3n) is 3.76. The van der Waals surface area contributed by atoms with Crippen LogP contribution in [0.25, 0.3) is 0 Å². The summed E-state index contributed by atoms with van der Waals surface area (Å²) in [5.74, 6) is 1.61. The smallest absolute Gasteiger partial charge is 0.191 e. The molecule has 0 atom stereocenters. The van der Waals surface area contributed by atoms with Gasteiger partial charge in [0.05, 0.1) is 6.54 Å². The van der Waals surface area contributed by atoms with Crippen molar-refractivity contribution in [1.82, 2.24) is 15.5 Å². The fourth-order valence-corrected chi connectivity index (χ4v) is 2.24. The number of guanidine groups is 1. The lowest BCUT2D eigenvalue weighted by atomic mass is 10.1. The predicted octanol–water partition coefficient (Wildman–Crippen LogP) is 3.24. The van der Waals surface area contributed by atoms with Crippen molar-refractivity contribution in [2.45, 2.75) is 47.2 Å². The van der Waals surface area contributed by atoms with Gasteiger partial charge in [-0.15, -0.1) is 0 Å². The molecule has 0 heterocycles. The van der Waals surface area contributed by atoms with Crippen molar-refractivity contribution in [2.75, 3.05) is 26.7 Å². The average Bonchev–Trinajstić information content (AvgIpc) is 2.52.